The maximum atomic E-state index is 11.5. The van der Waals surface area contributed by atoms with Crippen LogP contribution in [0.4, 0.5) is 0 Å². The van der Waals surface area contributed by atoms with Crippen molar-refractivity contribution in [1.29, 1.82) is 0 Å². The van der Waals surface area contributed by atoms with Crippen LogP contribution in [0.25, 0.3) is 22.4 Å². The summed E-state index contributed by atoms with van der Waals surface area (Å²) in [4.78, 5) is 16.3. The SMILES string of the molecule is COc1ccc(-c2nc3cc(C(N)=O)ccc3n2C2CCCC2)cc1O. The van der Waals surface area contributed by atoms with Crippen molar-refractivity contribution in [3.8, 4) is 22.9 Å². The minimum Gasteiger partial charge on any atom is -0.504 e. The molecule has 26 heavy (non-hydrogen) atoms. The number of rotatable bonds is 4. The third-order valence-corrected chi connectivity index (χ3v) is 5.10. The molecule has 4 rings (SSSR count). The number of carbonyl (C=O) groups is 1. The van der Waals surface area contributed by atoms with E-state index < -0.39 is 5.91 Å². The summed E-state index contributed by atoms with van der Waals surface area (Å²) < 4.78 is 7.37. The Labute approximate surface area is 151 Å². The molecule has 2 aromatic carbocycles. The number of primary amides is 1. The molecule has 0 aliphatic heterocycles. The number of amides is 1. The maximum absolute atomic E-state index is 11.5. The molecule has 1 saturated carbocycles. The number of phenols is 1. The first-order chi connectivity index (χ1) is 12.6. The first-order valence-corrected chi connectivity index (χ1v) is 8.77. The van der Waals surface area contributed by atoms with Crippen LogP contribution >= 0.6 is 0 Å². The lowest BCUT2D eigenvalue weighted by atomic mass is 10.1. The number of phenolic OH excluding ortho intramolecular Hbond substituents is 1. The van der Waals surface area contributed by atoms with E-state index in [1.807, 2.05) is 12.1 Å². The van der Waals surface area contributed by atoms with Crippen LogP contribution in [0.3, 0.4) is 0 Å². The number of nitrogens with zero attached hydrogens (tertiary/aromatic N) is 2. The van der Waals surface area contributed by atoms with Crippen molar-refractivity contribution in [2.45, 2.75) is 31.7 Å². The van der Waals surface area contributed by atoms with Crippen molar-refractivity contribution < 1.29 is 14.6 Å². The first kappa shape index (κ1) is 16.4. The summed E-state index contributed by atoms with van der Waals surface area (Å²) in [6.45, 7) is 0. The van der Waals surface area contributed by atoms with Gasteiger partial charge in [0, 0.05) is 17.2 Å². The zero-order valence-electron chi connectivity index (χ0n) is 14.6. The van der Waals surface area contributed by atoms with Crippen LogP contribution in [-0.4, -0.2) is 27.7 Å². The highest BCUT2D eigenvalue weighted by Crippen LogP contribution is 2.38. The van der Waals surface area contributed by atoms with E-state index in [0.717, 1.165) is 35.3 Å². The highest BCUT2D eigenvalue weighted by Gasteiger charge is 2.24. The quantitative estimate of drug-likeness (QED) is 0.751. The molecule has 1 amide bonds. The first-order valence-electron chi connectivity index (χ1n) is 8.77. The maximum Gasteiger partial charge on any atom is 0.248 e. The number of fused-ring (bicyclic) bond motifs is 1. The number of hydrogen-bond acceptors (Lipinski definition) is 4. The number of nitrogens with two attached hydrogens (primary N) is 1. The van der Waals surface area contributed by atoms with Crippen molar-refractivity contribution in [1.82, 2.24) is 9.55 Å². The lowest BCUT2D eigenvalue weighted by Crippen LogP contribution is -2.10. The molecular weight excluding hydrogens is 330 g/mol. The monoisotopic (exact) mass is 351 g/mol. The molecule has 6 nitrogen and oxygen atoms in total. The van der Waals surface area contributed by atoms with Gasteiger partial charge in [-0.3, -0.25) is 4.79 Å². The summed E-state index contributed by atoms with van der Waals surface area (Å²) in [5.74, 6) is 0.818. The average molecular weight is 351 g/mol. The van der Waals surface area contributed by atoms with Gasteiger partial charge in [-0.2, -0.15) is 0 Å². The summed E-state index contributed by atoms with van der Waals surface area (Å²) in [6.07, 6.45) is 4.57. The molecule has 1 aromatic heterocycles. The van der Waals surface area contributed by atoms with Gasteiger partial charge in [0.2, 0.25) is 5.91 Å². The van der Waals surface area contributed by atoms with E-state index in [9.17, 15) is 9.90 Å². The van der Waals surface area contributed by atoms with Gasteiger partial charge in [-0.25, -0.2) is 4.98 Å². The lowest BCUT2D eigenvalue weighted by Gasteiger charge is -2.17. The Bertz CT molecular complexity index is 987. The minimum absolute atomic E-state index is 0.0767. The summed E-state index contributed by atoms with van der Waals surface area (Å²) in [5, 5.41) is 10.2. The fourth-order valence-corrected chi connectivity index (χ4v) is 3.82. The third kappa shape index (κ3) is 2.67. The van der Waals surface area contributed by atoms with Gasteiger partial charge in [-0.05, 0) is 49.2 Å². The van der Waals surface area contributed by atoms with Crippen LogP contribution in [0.15, 0.2) is 36.4 Å². The molecule has 0 spiro atoms. The van der Waals surface area contributed by atoms with Crippen molar-refractivity contribution in [3.05, 3.63) is 42.0 Å². The van der Waals surface area contributed by atoms with Crippen LogP contribution in [0.1, 0.15) is 42.1 Å². The number of ether oxygens (including phenoxy) is 1. The summed E-state index contributed by atoms with van der Waals surface area (Å²) >= 11 is 0. The van der Waals surface area contributed by atoms with Gasteiger partial charge in [-0.1, -0.05) is 12.8 Å². The van der Waals surface area contributed by atoms with Crippen LogP contribution in [0, 0.1) is 0 Å². The fourth-order valence-electron chi connectivity index (χ4n) is 3.82. The number of hydrogen-bond donors (Lipinski definition) is 2. The van der Waals surface area contributed by atoms with Crippen molar-refractivity contribution >= 4 is 16.9 Å². The van der Waals surface area contributed by atoms with E-state index in [4.69, 9.17) is 15.5 Å². The predicted molar refractivity (Wildman–Crippen MR) is 99.4 cm³/mol. The van der Waals surface area contributed by atoms with Crippen LogP contribution in [0.5, 0.6) is 11.5 Å². The Kier molecular flexibility index (Phi) is 4.03. The minimum atomic E-state index is -0.467. The molecule has 3 N–H and O–H groups in total. The Balaban J connectivity index is 1.93. The van der Waals surface area contributed by atoms with Gasteiger partial charge in [-0.15, -0.1) is 0 Å². The molecule has 0 bridgehead atoms. The van der Waals surface area contributed by atoms with Crippen LogP contribution in [0.2, 0.25) is 0 Å². The second-order valence-electron chi connectivity index (χ2n) is 6.70. The van der Waals surface area contributed by atoms with E-state index in [0.29, 0.717) is 17.4 Å². The predicted octanol–water partition coefficient (Wildman–Crippen LogP) is 3.63. The molecule has 0 radical (unpaired) electrons. The fraction of sp³-hybridized carbons (Fsp3) is 0.300. The standard InChI is InChI=1S/C20H21N3O3/c1-26-18-9-7-13(11-17(18)24)20-22-15-10-12(19(21)25)6-8-16(15)23(20)14-4-2-3-5-14/h6-11,14,24H,2-5H2,1H3,(H2,21,25). The van der Waals surface area contributed by atoms with Gasteiger partial charge in [0.1, 0.15) is 5.82 Å². The molecule has 1 fully saturated rings. The molecular formula is C20H21N3O3. The Morgan fingerprint density at radius 3 is 2.65 bits per heavy atom. The number of benzene rings is 2. The van der Waals surface area contributed by atoms with Crippen LogP contribution in [-0.2, 0) is 0 Å². The number of aromatic nitrogens is 2. The third-order valence-electron chi connectivity index (χ3n) is 5.10. The Morgan fingerprint density at radius 1 is 1.23 bits per heavy atom. The second kappa shape index (κ2) is 6.37. The molecule has 0 atom stereocenters. The zero-order chi connectivity index (χ0) is 18.3. The van der Waals surface area contributed by atoms with E-state index in [2.05, 4.69) is 4.57 Å². The number of methoxy groups -OCH3 is 1. The molecule has 1 aliphatic rings. The van der Waals surface area contributed by atoms with E-state index in [-0.39, 0.29) is 5.75 Å². The van der Waals surface area contributed by atoms with E-state index >= 15 is 0 Å². The van der Waals surface area contributed by atoms with Gasteiger partial charge in [0.05, 0.1) is 18.1 Å². The smallest absolute Gasteiger partial charge is 0.248 e. The second-order valence-corrected chi connectivity index (χ2v) is 6.70. The average Bonchev–Trinajstić information content (AvgIpc) is 3.27. The van der Waals surface area contributed by atoms with Gasteiger partial charge < -0.3 is 20.1 Å². The van der Waals surface area contributed by atoms with E-state index in [1.165, 1.54) is 20.0 Å². The van der Waals surface area contributed by atoms with Gasteiger partial charge >= 0.3 is 0 Å². The molecule has 1 heterocycles. The zero-order valence-corrected chi connectivity index (χ0v) is 14.6. The summed E-state index contributed by atoms with van der Waals surface area (Å²) in [5.41, 5.74) is 8.38. The normalized spacial score (nSPS) is 14.8. The highest BCUT2D eigenvalue weighted by atomic mass is 16.5. The number of imidazole rings is 1. The highest BCUT2D eigenvalue weighted by molar-refractivity contribution is 5.96. The Morgan fingerprint density at radius 2 is 2.00 bits per heavy atom. The Hall–Kier alpha value is -3.02. The van der Waals surface area contributed by atoms with Gasteiger partial charge in [0.15, 0.2) is 11.5 Å². The molecule has 6 heteroatoms. The van der Waals surface area contributed by atoms with Crippen molar-refractivity contribution in [3.63, 3.8) is 0 Å². The largest absolute Gasteiger partial charge is 0.504 e. The van der Waals surface area contributed by atoms with Crippen molar-refractivity contribution in [2.24, 2.45) is 5.73 Å². The lowest BCUT2D eigenvalue weighted by molar-refractivity contribution is 0.100. The summed E-state index contributed by atoms with van der Waals surface area (Å²) in [7, 11) is 1.52. The topological polar surface area (TPSA) is 90.4 Å². The molecule has 3 aromatic rings. The molecule has 1 aliphatic carbocycles. The number of aromatic hydroxyl groups is 1. The number of carbonyl (C=O) groups excluding carboxylic acids is 1. The van der Waals surface area contributed by atoms with Crippen LogP contribution < -0.4 is 10.5 Å². The summed E-state index contributed by atoms with van der Waals surface area (Å²) in [6, 6.07) is 11.0. The molecule has 0 saturated heterocycles. The van der Waals surface area contributed by atoms with E-state index in [1.54, 1.807) is 24.3 Å². The van der Waals surface area contributed by atoms with Crippen molar-refractivity contribution in [2.75, 3.05) is 7.11 Å². The molecule has 134 valence electrons. The van der Waals surface area contributed by atoms with Gasteiger partial charge in [0.25, 0.3) is 0 Å². The molecule has 0 unspecified atom stereocenters.